The summed E-state index contributed by atoms with van der Waals surface area (Å²) in [6.07, 6.45) is 0. The van der Waals surface area contributed by atoms with Crippen LogP contribution in [-0.4, -0.2) is 62.7 Å². The first-order valence-corrected chi connectivity index (χ1v) is 12.9. The number of hydrogen-bond acceptors (Lipinski definition) is 6. The molecule has 190 valence electrons. The van der Waals surface area contributed by atoms with Gasteiger partial charge in [0.1, 0.15) is 12.4 Å². The summed E-state index contributed by atoms with van der Waals surface area (Å²) in [5.41, 5.74) is 3.82. The van der Waals surface area contributed by atoms with Crippen LogP contribution in [0.15, 0.2) is 66.0 Å². The Morgan fingerprint density at radius 2 is 1.70 bits per heavy atom. The number of aromatic nitrogens is 3. The molecule has 5 rings (SSSR count). The number of rotatable bonds is 6. The van der Waals surface area contributed by atoms with Crippen LogP contribution in [0, 0.1) is 19.7 Å². The Morgan fingerprint density at radius 3 is 2.35 bits per heavy atom. The molecule has 4 aromatic rings. The Morgan fingerprint density at radius 1 is 1.00 bits per heavy atom. The van der Waals surface area contributed by atoms with Crippen molar-refractivity contribution in [2.45, 2.75) is 20.4 Å². The first-order valence-electron chi connectivity index (χ1n) is 12.0. The molecule has 8 nitrogen and oxygen atoms in total. The van der Waals surface area contributed by atoms with Crippen molar-refractivity contribution >= 4 is 28.3 Å². The molecule has 37 heavy (non-hydrogen) atoms. The van der Waals surface area contributed by atoms with E-state index in [9.17, 15) is 14.0 Å². The van der Waals surface area contributed by atoms with Crippen molar-refractivity contribution in [1.29, 1.82) is 0 Å². The molecule has 1 saturated heterocycles. The average molecular weight is 519 g/mol. The Balaban J connectivity index is 1.35. The van der Waals surface area contributed by atoms with Crippen LogP contribution < -0.4 is 5.01 Å². The van der Waals surface area contributed by atoms with E-state index in [1.807, 2.05) is 53.4 Å². The van der Waals surface area contributed by atoms with Gasteiger partial charge in [0.25, 0.3) is 5.91 Å². The van der Waals surface area contributed by atoms with E-state index in [-0.39, 0.29) is 24.2 Å². The number of aryl methyl sites for hydroxylation is 2. The minimum atomic E-state index is -0.314. The number of benzene rings is 2. The largest absolute Gasteiger partial charge is 0.338 e. The molecular formula is C27H27FN6O2S. The second-order valence-electron chi connectivity index (χ2n) is 8.92. The molecule has 3 heterocycles. The van der Waals surface area contributed by atoms with Crippen LogP contribution in [0.2, 0.25) is 0 Å². The van der Waals surface area contributed by atoms with Crippen molar-refractivity contribution in [2.24, 2.45) is 0 Å². The summed E-state index contributed by atoms with van der Waals surface area (Å²) in [5, 5.41) is 10.3. The van der Waals surface area contributed by atoms with E-state index in [0.29, 0.717) is 42.6 Å². The lowest BCUT2D eigenvalue weighted by molar-refractivity contribution is -0.133. The van der Waals surface area contributed by atoms with Gasteiger partial charge in [-0.2, -0.15) is 5.10 Å². The van der Waals surface area contributed by atoms with E-state index in [1.165, 1.54) is 23.5 Å². The molecule has 1 aliphatic rings. The van der Waals surface area contributed by atoms with Crippen LogP contribution in [0.4, 0.5) is 9.52 Å². The quantitative estimate of drug-likeness (QED) is 0.383. The number of piperazine rings is 1. The molecule has 2 amide bonds. The second kappa shape index (κ2) is 10.6. The summed E-state index contributed by atoms with van der Waals surface area (Å²) in [4.78, 5) is 33.1. The van der Waals surface area contributed by atoms with E-state index in [4.69, 9.17) is 4.98 Å². The number of carbonyl (C=O) groups excluding carboxylic acids is 2. The van der Waals surface area contributed by atoms with Gasteiger partial charge in [0.15, 0.2) is 0 Å². The number of hydrogen-bond donors (Lipinski definition) is 0. The summed E-state index contributed by atoms with van der Waals surface area (Å²) in [5.74, 6) is -0.506. The first-order chi connectivity index (χ1) is 17.9. The number of hydrazine groups is 1. The van der Waals surface area contributed by atoms with Crippen molar-refractivity contribution < 1.29 is 14.0 Å². The molecule has 0 atom stereocenters. The Labute approximate surface area is 218 Å². The first kappa shape index (κ1) is 24.8. The van der Waals surface area contributed by atoms with E-state index in [2.05, 4.69) is 5.10 Å². The molecule has 0 spiro atoms. The lowest BCUT2D eigenvalue weighted by atomic mass is 10.2. The highest BCUT2D eigenvalue weighted by atomic mass is 32.1. The maximum atomic E-state index is 13.6. The maximum Gasteiger partial charge on any atom is 0.274 e. The summed E-state index contributed by atoms with van der Waals surface area (Å²) >= 11 is 1.35. The third-order valence-corrected chi connectivity index (χ3v) is 7.12. The smallest absolute Gasteiger partial charge is 0.274 e. The molecule has 10 heteroatoms. The molecule has 2 aromatic heterocycles. The van der Waals surface area contributed by atoms with Gasteiger partial charge in [0, 0.05) is 48.4 Å². The SMILES string of the molecule is Cc1cc(C)n(CC(=O)N2CCN(N(C(=O)c3ccccc3)c3nc(-c4ccc(F)cc4)cs3)CC2)n1. The minimum Gasteiger partial charge on any atom is -0.338 e. The summed E-state index contributed by atoms with van der Waals surface area (Å²) in [6, 6.07) is 17.1. The van der Waals surface area contributed by atoms with Crippen molar-refractivity contribution in [2.75, 3.05) is 31.2 Å². The number of thiazole rings is 1. The number of amides is 2. The van der Waals surface area contributed by atoms with Gasteiger partial charge in [-0.1, -0.05) is 18.2 Å². The van der Waals surface area contributed by atoms with Gasteiger partial charge >= 0.3 is 0 Å². The molecular weight excluding hydrogens is 491 g/mol. The van der Waals surface area contributed by atoms with E-state index >= 15 is 0 Å². The van der Waals surface area contributed by atoms with Crippen LogP contribution in [0.3, 0.4) is 0 Å². The monoisotopic (exact) mass is 518 g/mol. The van der Waals surface area contributed by atoms with Crippen LogP contribution in [0.5, 0.6) is 0 Å². The van der Waals surface area contributed by atoms with E-state index in [0.717, 1.165) is 17.0 Å². The van der Waals surface area contributed by atoms with Crippen LogP contribution in [-0.2, 0) is 11.3 Å². The van der Waals surface area contributed by atoms with Gasteiger partial charge in [-0.15, -0.1) is 11.3 Å². The van der Waals surface area contributed by atoms with Gasteiger partial charge in [-0.25, -0.2) is 19.4 Å². The van der Waals surface area contributed by atoms with Gasteiger partial charge in [-0.05, 0) is 56.3 Å². The molecule has 1 aliphatic heterocycles. The van der Waals surface area contributed by atoms with Crippen LogP contribution >= 0.6 is 11.3 Å². The number of anilines is 1. The third kappa shape index (κ3) is 5.45. The van der Waals surface area contributed by atoms with Crippen molar-refractivity contribution in [3.8, 4) is 11.3 Å². The third-order valence-electron chi connectivity index (χ3n) is 6.31. The fraction of sp³-hybridized carbons (Fsp3) is 0.259. The summed E-state index contributed by atoms with van der Waals surface area (Å²) in [6.45, 7) is 5.96. The molecule has 0 unspecified atom stereocenters. The predicted molar refractivity (Wildman–Crippen MR) is 141 cm³/mol. The number of halogens is 1. The molecule has 0 bridgehead atoms. The predicted octanol–water partition coefficient (Wildman–Crippen LogP) is 4.17. The Hall–Kier alpha value is -3.89. The molecule has 0 saturated carbocycles. The highest BCUT2D eigenvalue weighted by Gasteiger charge is 2.31. The average Bonchev–Trinajstić information content (AvgIpc) is 3.51. The lowest BCUT2D eigenvalue weighted by Crippen LogP contribution is -2.57. The molecule has 0 N–H and O–H groups in total. The zero-order chi connectivity index (χ0) is 25.9. The van der Waals surface area contributed by atoms with E-state index in [1.54, 1.807) is 34.0 Å². The zero-order valence-corrected chi connectivity index (χ0v) is 21.5. The van der Waals surface area contributed by atoms with Gasteiger partial charge in [0.2, 0.25) is 11.0 Å². The second-order valence-corrected chi connectivity index (χ2v) is 9.76. The summed E-state index contributed by atoms with van der Waals surface area (Å²) in [7, 11) is 0. The highest BCUT2D eigenvalue weighted by molar-refractivity contribution is 7.14. The Bertz CT molecular complexity index is 1390. The highest BCUT2D eigenvalue weighted by Crippen LogP contribution is 2.30. The topological polar surface area (TPSA) is 74.6 Å². The standard InChI is InChI=1S/C27H27FN6O2S/c1-19-16-20(2)33(30-19)17-25(35)31-12-14-32(15-13-31)34(26(36)22-6-4-3-5-7-22)27-29-24(18-37-27)21-8-10-23(28)11-9-21/h3-11,16,18H,12-15,17H2,1-2H3. The van der Waals surface area contributed by atoms with Crippen molar-refractivity contribution in [1.82, 2.24) is 24.7 Å². The Kier molecular flexibility index (Phi) is 7.11. The minimum absolute atomic E-state index is 0.000342. The summed E-state index contributed by atoms with van der Waals surface area (Å²) < 4.78 is 15.1. The van der Waals surface area contributed by atoms with Gasteiger partial charge in [0.05, 0.1) is 11.4 Å². The molecule has 1 fully saturated rings. The zero-order valence-electron chi connectivity index (χ0n) is 20.7. The normalized spacial score (nSPS) is 14.1. The van der Waals surface area contributed by atoms with Crippen LogP contribution in [0.1, 0.15) is 21.7 Å². The molecule has 2 aromatic carbocycles. The van der Waals surface area contributed by atoms with Crippen LogP contribution in [0.25, 0.3) is 11.3 Å². The van der Waals surface area contributed by atoms with Gasteiger partial charge in [-0.3, -0.25) is 14.3 Å². The number of nitrogens with zero attached hydrogens (tertiary/aromatic N) is 6. The van der Waals surface area contributed by atoms with E-state index < -0.39 is 0 Å². The maximum absolute atomic E-state index is 13.6. The fourth-order valence-electron chi connectivity index (χ4n) is 4.36. The van der Waals surface area contributed by atoms with Crippen molar-refractivity contribution in [3.63, 3.8) is 0 Å². The lowest BCUT2D eigenvalue weighted by Gasteiger charge is -2.39. The molecule has 0 aliphatic carbocycles. The van der Waals surface area contributed by atoms with Crippen molar-refractivity contribution in [3.05, 3.63) is 88.8 Å². The van der Waals surface area contributed by atoms with Gasteiger partial charge < -0.3 is 4.90 Å². The fourth-order valence-corrected chi connectivity index (χ4v) is 5.22. The molecule has 0 radical (unpaired) electrons. The number of carbonyl (C=O) groups is 2.